The number of nitrogens with one attached hydrogen (secondary N) is 1. The minimum absolute atomic E-state index is 0.0982. The Labute approximate surface area is 166 Å². The Kier molecular flexibility index (Phi) is 5.21. The second-order valence-electron chi connectivity index (χ2n) is 6.61. The highest BCUT2D eigenvalue weighted by Crippen LogP contribution is 2.29. The molecule has 7 nitrogen and oxygen atoms in total. The molecule has 0 saturated heterocycles. The van der Waals surface area contributed by atoms with Crippen LogP contribution in [0.3, 0.4) is 0 Å². The van der Waals surface area contributed by atoms with E-state index in [9.17, 15) is 9.59 Å². The molecule has 144 valence electrons. The van der Waals surface area contributed by atoms with E-state index < -0.39 is 0 Å². The topological polar surface area (TPSA) is 86.1 Å². The van der Waals surface area contributed by atoms with Crippen LogP contribution in [0, 0.1) is 0 Å². The fraction of sp³-hybridized carbons (Fsp3) is 0.300. The highest BCUT2D eigenvalue weighted by molar-refractivity contribution is 7.15. The second-order valence-corrected chi connectivity index (χ2v) is 7.70. The molecule has 1 amide bonds. The van der Waals surface area contributed by atoms with Crippen LogP contribution in [0.5, 0.6) is 5.75 Å². The molecule has 8 heteroatoms. The number of methoxy groups -OCH3 is 1. The van der Waals surface area contributed by atoms with Crippen LogP contribution in [-0.2, 0) is 24.2 Å². The molecule has 0 aliphatic heterocycles. The van der Waals surface area contributed by atoms with Gasteiger partial charge in [0.05, 0.1) is 24.8 Å². The van der Waals surface area contributed by atoms with Crippen LogP contribution in [-0.4, -0.2) is 27.6 Å². The molecule has 1 aliphatic carbocycles. The first-order valence-electron chi connectivity index (χ1n) is 9.12. The molecule has 1 N–H and O–H groups in total. The van der Waals surface area contributed by atoms with Gasteiger partial charge in [0.2, 0.25) is 5.91 Å². The zero-order chi connectivity index (χ0) is 19.5. The number of benzene rings is 1. The molecule has 0 atom stereocenters. The van der Waals surface area contributed by atoms with Crippen molar-refractivity contribution in [3.8, 4) is 17.0 Å². The fourth-order valence-electron chi connectivity index (χ4n) is 3.18. The number of rotatable bonds is 5. The van der Waals surface area contributed by atoms with Crippen LogP contribution in [0.25, 0.3) is 11.3 Å². The van der Waals surface area contributed by atoms with Crippen molar-refractivity contribution in [1.29, 1.82) is 0 Å². The van der Waals surface area contributed by atoms with Gasteiger partial charge in [-0.05, 0) is 49.9 Å². The van der Waals surface area contributed by atoms with Gasteiger partial charge in [0, 0.05) is 16.5 Å². The summed E-state index contributed by atoms with van der Waals surface area (Å²) < 4.78 is 6.42. The van der Waals surface area contributed by atoms with Gasteiger partial charge >= 0.3 is 0 Å². The van der Waals surface area contributed by atoms with Gasteiger partial charge < -0.3 is 10.1 Å². The van der Waals surface area contributed by atoms with Gasteiger partial charge in [-0.2, -0.15) is 0 Å². The zero-order valence-electron chi connectivity index (χ0n) is 15.5. The first-order chi connectivity index (χ1) is 13.6. The van der Waals surface area contributed by atoms with Crippen molar-refractivity contribution >= 4 is 22.4 Å². The van der Waals surface area contributed by atoms with E-state index in [2.05, 4.69) is 15.3 Å². The Morgan fingerprint density at radius 3 is 2.75 bits per heavy atom. The molecule has 1 aromatic carbocycles. The van der Waals surface area contributed by atoms with E-state index >= 15 is 0 Å². The quantitative estimate of drug-likeness (QED) is 0.717. The van der Waals surface area contributed by atoms with Crippen molar-refractivity contribution in [3.05, 3.63) is 57.6 Å². The maximum absolute atomic E-state index is 12.4. The zero-order valence-corrected chi connectivity index (χ0v) is 16.3. The molecule has 1 aliphatic rings. The summed E-state index contributed by atoms with van der Waals surface area (Å²) in [5.41, 5.74) is 2.17. The number of fused-ring (bicyclic) bond motifs is 1. The summed E-state index contributed by atoms with van der Waals surface area (Å²) in [6.45, 7) is -0.0982. The normalized spacial score (nSPS) is 13.0. The van der Waals surface area contributed by atoms with Gasteiger partial charge in [-0.3, -0.25) is 14.2 Å². The van der Waals surface area contributed by atoms with Crippen LogP contribution in [0.4, 0.5) is 5.13 Å². The van der Waals surface area contributed by atoms with Crippen molar-refractivity contribution in [2.75, 3.05) is 12.4 Å². The lowest BCUT2D eigenvalue weighted by atomic mass is 10.0. The summed E-state index contributed by atoms with van der Waals surface area (Å²) in [5, 5.41) is 3.41. The predicted octanol–water partition coefficient (Wildman–Crippen LogP) is 2.89. The number of hydrogen-bond donors (Lipinski definition) is 1. The molecule has 0 saturated carbocycles. The first kappa shape index (κ1) is 18.4. The summed E-state index contributed by atoms with van der Waals surface area (Å²) in [6, 6.07) is 8.72. The monoisotopic (exact) mass is 396 g/mol. The number of aromatic nitrogens is 3. The predicted molar refractivity (Wildman–Crippen MR) is 108 cm³/mol. The summed E-state index contributed by atoms with van der Waals surface area (Å²) in [4.78, 5) is 34.8. The minimum Gasteiger partial charge on any atom is -0.497 e. The number of anilines is 1. The summed E-state index contributed by atoms with van der Waals surface area (Å²) in [6.07, 6.45) is 5.71. The summed E-state index contributed by atoms with van der Waals surface area (Å²) in [5.74, 6) is 0.449. The average molecular weight is 396 g/mol. The third-order valence-electron chi connectivity index (χ3n) is 4.67. The lowest BCUT2D eigenvalue weighted by molar-refractivity contribution is -0.116. The Balaban J connectivity index is 1.44. The van der Waals surface area contributed by atoms with Gasteiger partial charge in [0.25, 0.3) is 5.56 Å². The molecule has 4 rings (SSSR count). The van der Waals surface area contributed by atoms with Crippen LogP contribution in [0.1, 0.15) is 23.4 Å². The van der Waals surface area contributed by atoms with E-state index in [1.165, 1.54) is 39.6 Å². The molecule has 0 spiro atoms. The average Bonchev–Trinajstić information content (AvgIpc) is 3.11. The number of carbonyl (C=O) groups is 1. The smallest absolute Gasteiger partial charge is 0.254 e. The number of ether oxygens (including phenoxy) is 1. The largest absolute Gasteiger partial charge is 0.497 e. The van der Waals surface area contributed by atoms with Gasteiger partial charge in [-0.25, -0.2) is 9.97 Å². The third kappa shape index (κ3) is 3.96. The number of carbonyl (C=O) groups excluding carboxylic acids is 1. The Hall–Kier alpha value is -3.00. The highest BCUT2D eigenvalue weighted by Gasteiger charge is 2.16. The summed E-state index contributed by atoms with van der Waals surface area (Å²) in [7, 11) is 1.60. The molecule has 28 heavy (non-hydrogen) atoms. The SMILES string of the molecule is COc1ccc(-c2cc(=O)n(CC(=O)Nc3nc4c(s3)CCCC4)cn2)cc1. The van der Waals surface area contributed by atoms with E-state index in [-0.39, 0.29) is 18.0 Å². The van der Waals surface area contributed by atoms with Crippen LogP contribution in [0.15, 0.2) is 41.5 Å². The third-order valence-corrected chi connectivity index (χ3v) is 5.74. The Morgan fingerprint density at radius 1 is 1.25 bits per heavy atom. The van der Waals surface area contributed by atoms with Gasteiger partial charge in [-0.1, -0.05) is 0 Å². The van der Waals surface area contributed by atoms with Crippen LogP contribution < -0.4 is 15.6 Å². The molecular weight excluding hydrogens is 376 g/mol. The van der Waals surface area contributed by atoms with Crippen molar-refractivity contribution in [2.45, 2.75) is 32.2 Å². The molecule has 0 fully saturated rings. The molecule has 0 bridgehead atoms. The van der Waals surface area contributed by atoms with Crippen molar-refractivity contribution in [1.82, 2.24) is 14.5 Å². The number of nitrogens with zero attached hydrogens (tertiary/aromatic N) is 3. The van der Waals surface area contributed by atoms with Crippen LogP contribution in [0.2, 0.25) is 0 Å². The van der Waals surface area contributed by atoms with Crippen LogP contribution >= 0.6 is 11.3 Å². The molecule has 2 aromatic heterocycles. The van der Waals surface area contributed by atoms with Gasteiger partial charge in [0.15, 0.2) is 5.13 Å². The lowest BCUT2D eigenvalue weighted by Gasteiger charge is -2.07. The van der Waals surface area contributed by atoms with Gasteiger partial charge in [0.1, 0.15) is 12.3 Å². The van der Waals surface area contributed by atoms with E-state index in [1.54, 1.807) is 7.11 Å². The first-order valence-corrected chi connectivity index (χ1v) is 9.93. The van der Waals surface area contributed by atoms with E-state index in [0.29, 0.717) is 10.8 Å². The number of aryl methyl sites for hydroxylation is 2. The Morgan fingerprint density at radius 2 is 2.04 bits per heavy atom. The summed E-state index contributed by atoms with van der Waals surface area (Å²) >= 11 is 1.52. The Bertz CT molecular complexity index is 1030. The van der Waals surface area contributed by atoms with Crippen molar-refractivity contribution in [2.24, 2.45) is 0 Å². The molecule has 2 heterocycles. The molecule has 0 unspecified atom stereocenters. The molecular formula is C20H20N4O3S. The minimum atomic E-state index is -0.285. The van der Waals surface area contributed by atoms with E-state index in [1.807, 2.05) is 24.3 Å². The highest BCUT2D eigenvalue weighted by atomic mass is 32.1. The number of thiazole rings is 1. The second kappa shape index (κ2) is 7.93. The van der Waals surface area contributed by atoms with E-state index in [0.717, 1.165) is 36.3 Å². The van der Waals surface area contributed by atoms with Crippen molar-refractivity contribution < 1.29 is 9.53 Å². The van der Waals surface area contributed by atoms with Gasteiger partial charge in [-0.15, -0.1) is 11.3 Å². The standard InChI is InChI=1S/C20H20N4O3S/c1-27-14-8-6-13(7-9-14)16-10-19(26)24(12-21-16)11-18(25)23-20-22-15-4-2-3-5-17(15)28-20/h6-10,12H,2-5,11H2,1H3,(H,22,23,25). The number of amides is 1. The molecule has 0 radical (unpaired) electrons. The maximum atomic E-state index is 12.4. The number of hydrogen-bond acceptors (Lipinski definition) is 6. The van der Waals surface area contributed by atoms with E-state index in [4.69, 9.17) is 4.74 Å². The molecule has 3 aromatic rings. The van der Waals surface area contributed by atoms with Crippen molar-refractivity contribution in [3.63, 3.8) is 0 Å². The maximum Gasteiger partial charge on any atom is 0.254 e. The lowest BCUT2D eigenvalue weighted by Crippen LogP contribution is -2.27. The fourth-order valence-corrected chi connectivity index (χ4v) is 4.25.